The summed E-state index contributed by atoms with van der Waals surface area (Å²) in [5, 5.41) is 0. The van der Waals surface area contributed by atoms with Crippen molar-refractivity contribution in [2.75, 3.05) is 12.0 Å². The zero-order chi connectivity index (χ0) is 15.0. The van der Waals surface area contributed by atoms with Crippen LogP contribution in [0.5, 0.6) is 0 Å². The van der Waals surface area contributed by atoms with Gasteiger partial charge in [0.2, 0.25) is 0 Å². The van der Waals surface area contributed by atoms with Crippen LogP contribution in [0.3, 0.4) is 0 Å². The van der Waals surface area contributed by atoms with Crippen molar-refractivity contribution in [3.8, 4) is 0 Å². The smallest absolute Gasteiger partial charge is 0.105 e. The molecule has 0 atom stereocenters. The number of halogens is 1. The molecule has 0 fully saturated rings. The summed E-state index contributed by atoms with van der Waals surface area (Å²) in [6, 6.07) is 10.9. The van der Waals surface area contributed by atoms with Gasteiger partial charge in [-0.25, -0.2) is 0 Å². The van der Waals surface area contributed by atoms with E-state index in [2.05, 4.69) is 36.6 Å². The quantitative estimate of drug-likeness (QED) is 0.277. The Morgan fingerprint density at radius 2 is 1.09 bits per heavy atom. The average Bonchev–Trinajstić information content (AvgIpc) is 2.53. The third kappa shape index (κ3) is 13.5. The molecule has 0 saturated heterocycles. The van der Waals surface area contributed by atoms with E-state index in [1.165, 1.54) is 88.4 Å². The predicted octanol–water partition coefficient (Wildman–Crippen LogP) is 2.97. The molecule has 0 radical (unpaired) electrons. The van der Waals surface area contributed by atoms with Gasteiger partial charge in [0.05, 0.1) is 6.26 Å². The van der Waals surface area contributed by atoms with Crippen molar-refractivity contribution in [1.82, 2.24) is 0 Å². The average molecular weight is 343 g/mol. The number of thiol groups is 1. The second-order valence-electron chi connectivity index (χ2n) is 6.16. The molecule has 0 unspecified atom stereocenters. The third-order valence-electron chi connectivity index (χ3n) is 4.19. The number of hydrogen-bond donors (Lipinski definition) is 0. The summed E-state index contributed by atoms with van der Waals surface area (Å²) in [5.41, 5.74) is 1.50. The molecule has 0 nitrogen and oxygen atoms in total. The summed E-state index contributed by atoms with van der Waals surface area (Å²) in [7, 11) is 0. The first kappa shape index (κ1) is 21.9. The first-order valence-electron chi connectivity index (χ1n) is 9.03. The first-order valence-corrected chi connectivity index (χ1v) is 10.6. The zero-order valence-corrected chi connectivity index (χ0v) is 16.1. The van der Waals surface area contributed by atoms with Gasteiger partial charge in [-0.15, -0.1) is 0 Å². The Labute approximate surface area is 149 Å². The Hall–Kier alpha value is -0.140. The summed E-state index contributed by atoms with van der Waals surface area (Å²) >= 11 is 1.57. The third-order valence-corrected chi connectivity index (χ3v) is 4.95. The molecule has 0 aliphatic carbocycles. The van der Waals surface area contributed by atoms with Gasteiger partial charge in [-0.2, -0.15) is 0 Å². The van der Waals surface area contributed by atoms with E-state index in [-0.39, 0.29) is 12.4 Å². The van der Waals surface area contributed by atoms with E-state index in [9.17, 15) is 0 Å². The van der Waals surface area contributed by atoms with E-state index in [4.69, 9.17) is 0 Å². The summed E-state index contributed by atoms with van der Waals surface area (Å²) in [6.45, 7) is 0. The fourth-order valence-corrected chi connectivity index (χ4v) is 3.37. The molecule has 0 aromatic heterocycles. The van der Waals surface area contributed by atoms with Crippen LogP contribution in [0.1, 0.15) is 76.2 Å². The molecule has 1 aromatic rings. The molecule has 22 heavy (non-hydrogen) atoms. The van der Waals surface area contributed by atoms with Crippen LogP contribution in [0.4, 0.5) is 0 Å². The highest BCUT2D eigenvalue weighted by Crippen LogP contribution is 2.12. The highest BCUT2D eigenvalue weighted by atomic mass is 35.5. The lowest BCUT2D eigenvalue weighted by Gasteiger charge is -2.03. The molecule has 0 N–H and O–H groups in total. The maximum Gasteiger partial charge on any atom is 0.105 e. The highest BCUT2D eigenvalue weighted by Gasteiger charge is 1.95. The number of aryl methyl sites for hydroxylation is 1. The van der Waals surface area contributed by atoms with Crippen molar-refractivity contribution >= 4 is 11.8 Å². The van der Waals surface area contributed by atoms with Gasteiger partial charge in [-0.3, -0.25) is 0 Å². The monoisotopic (exact) mass is 342 g/mol. The van der Waals surface area contributed by atoms with Crippen LogP contribution in [-0.2, 0) is 18.2 Å². The lowest BCUT2D eigenvalue weighted by Crippen LogP contribution is -3.00. The summed E-state index contributed by atoms with van der Waals surface area (Å²) in [5.74, 6) is 1.41. The maximum atomic E-state index is 2.26. The van der Waals surface area contributed by atoms with Gasteiger partial charge in [0.15, 0.2) is 0 Å². The standard InChI is InChI=1S/C20H34S.ClH/c1-21-19-15-10-8-6-4-2-3-5-7-9-12-16-20-17-13-11-14-18-20;/h11,13-14,17-18H,2-10,12,15-16,19H2,1H3;1H. The molecule has 0 bridgehead atoms. The van der Waals surface area contributed by atoms with Crippen molar-refractivity contribution < 1.29 is 12.4 Å². The lowest BCUT2D eigenvalue weighted by atomic mass is 10.0. The van der Waals surface area contributed by atoms with E-state index >= 15 is 0 Å². The summed E-state index contributed by atoms with van der Waals surface area (Å²) < 4.78 is 0. The van der Waals surface area contributed by atoms with Crippen LogP contribution in [0.25, 0.3) is 0 Å². The highest BCUT2D eigenvalue weighted by molar-refractivity contribution is 7.77. The van der Waals surface area contributed by atoms with E-state index in [1.807, 2.05) is 0 Å². The van der Waals surface area contributed by atoms with Crippen molar-refractivity contribution in [1.29, 1.82) is 0 Å². The molecule has 0 aliphatic rings. The number of rotatable bonds is 14. The number of benzene rings is 1. The maximum absolute atomic E-state index is 2.26. The Kier molecular flexibility index (Phi) is 17.1. The van der Waals surface area contributed by atoms with Gasteiger partial charge >= 0.3 is 0 Å². The lowest BCUT2D eigenvalue weighted by molar-refractivity contribution is -0.00000449. The van der Waals surface area contributed by atoms with E-state index < -0.39 is 0 Å². The Morgan fingerprint density at radius 1 is 0.636 bits per heavy atom. The normalized spacial score (nSPS) is 10.4. The van der Waals surface area contributed by atoms with Crippen LogP contribution in [-0.4, -0.2) is 12.0 Å². The minimum atomic E-state index is 0. The minimum Gasteiger partial charge on any atom is -1.00 e. The molecular weight excluding hydrogens is 308 g/mol. The first-order chi connectivity index (χ1) is 10.4. The van der Waals surface area contributed by atoms with Crippen LogP contribution in [0.15, 0.2) is 30.3 Å². The summed E-state index contributed by atoms with van der Waals surface area (Å²) in [6.07, 6.45) is 19.4. The van der Waals surface area contributed by atoms with Gasteiger partial charge in [0, 0.05) is 0 Å². The van der Waals surface area contributed by atoms with E-state index in [1.54, 1.807) is 11.8 Å². The minimum absolute atomic E-state index is 0. The molecule has 0 heterocycles. The molecule has 0 amide bonds. The second-order valence-corrected chi connectivity index (χ2v) is 7.24. The van der Waals surface area contributed by atoms with Crippen molar-refractivity contribution in [3.05, 3.63) is 35.9 Å². The Bertz CT molecular complexity index is 313. The Morgan fingerprint density at radius 3 is 1.59 bits per heavy atom. The predicted molar refractivity (Wildman–Crippen MR) is 100 cm³/mol. The second kappa shape index (κ2) is 17.2. The molecular formula is C20H35ClS. The van der Waals surface area contributed by atoms with Crippen LogP contribution in [0, 0.1) is 0 Å². The molecule has 0 spiro atoms. The van der Waals surface area contributed by atoms with E-state index in [0.717, 1.165) is 0 Å². The largest absolute Gasteiger partial charge is 1.00 e. The molecule has 1 rings (SSSR count). The van der Waals surface area contributed by atoms with Crippen molar-refractivity contribution in [2.45, 2.75) is 77.0 Å². The van der Waals surface area contributed by atoms with Gasteiger partial charge < -0.3 is 12.4 Å². The van der Waals surface area contributed by atoms with Crippen LogP contribution < -0.4 is 12.4 Å². The SMILES string of the molecule is C[SH+]CCCCCCCCCCCCCc1ccccc1.[Cl-]. The Balaban J connectivity index is 0.00000441. The summed E-state index contributed by atoms with van der Waals surface area (Å²) in [4.78, 5) is 0. The number of unbranched alkanes of at least 4 members (excludes halogenated alkanes) is 10. The molecule has 1 aromatic carbocycles. The molecule has 128 valence electrons. The molecule has 0 aliphatic heterocycles. The zero-order valence-electron chi connectivity index (χ0n) is 14.4. The van der Waals surface area contributed by atoms with Gasteiger partial charge in [0.25, 0.3) is 0 Å². The van der Waals surface area contributed by atoms with Crippen LogP contribution >= 0.6 is 0 Å². The van der Waals surface area contributed by atoms with Crippen LogP contribution in [0.2, 0.25) is 0 Å². The molecule has 0 saturated carbocycles. The topological polar surface area (TPSA) is 0 Å². The fourth-order valence-electron chi connectivity index (χ4n) is 2.83. The number of hydrogen-bond acceptors (Lipinski definition) is 0. The van der Waals surface area contributed by atoms with Gasteiger partial charge in [-0.1, -0.05) is 81.7 Å². The van der Waals surface area contributed by atoms with Gasteiger partial charge in [0.1, 0.15) is 5.75 Å². The molecule has 2 heteroatoms. The fraction of sp³-hybridized carbons (Fsp3) is 0.700. The van der Waals surface area contributed by atoms with Crippen molar-refractivity contribution in [3.63, 3.8) is 0 Å². The van der Waals surface area contributed by atoms with Crippen molar-refractivity contribution in [2.24, 2.45) is 0 Å². The van der Waals surface area contributed by atoms with E-state index in [0.29, 0.717) is 0 Å². The van der Waals surface area contributed by atoms with Gasteiger partial charge in [-0.05, 0) is 43.0 Å².